The number of nitrogens with zero attached hydrogens (tertiary/aromatic N) is 4. The van der Waals surface area contributed by atoms with Crippen molar-refractivity contribution in [1.29, 1.82) is 0 Å². The minimum atomic E-state index is -1.09. The summed E-state index contributed by atoms with van der Waals surface area (Å²) in [7, 11) is 0. The van der Waals surface area contributed by atoms with E-state index in [4.69, 9.17) is 0 Å². The Morgan fingerprint density at radius 1 is 1.07 bits per heavy atom. The highest BCUT2D eigenvalue weighted by Gasteiger charge is 2.42. The molecule has 1 atom stereocenters. The van der Waals surface area contributed by atoms with E-state index in [1.54, 1.807) is 0 Å². The topological polar surface area (TPSA) is 84.4 Å². The van der Waals surface area contributed by atoms with Crippen molar-refractivity contribution in [3.05, 3.63) is 28.2 Å². The van der Waals surface area contributed by atoms with E-state index in [9.17, 15) is 19.5 Å². The van der Waals surface area contributed by atoms with E-state index in [1.807, 2.05) is 6.07 Å². The first-order chi connectivity index (χ1) is 13.9. The maximum Gasteiger partial charge on any atom is 0.409 e. The molecule has 3 amide bonds. The zero-order chi connectivity index (χ0) is 20.5. The first-order valence-corrected chi connectivity index (χ1v) is 10.8. The summed E-state index contributed by atoms with van der Waals surface area (Å²) in [6.07, 6.45) is 0.844. The van der Waals surface area contributed by atoms with E-state index >= 15 is 0 Å². The van der Waals surface area contributed by atoms with Gasteiger partial charge in [-0.25, -0.2) is 4.79 Å². The number of carboxylic acid groups (broad SMARTS) is 1. The predicted octanol–water partition coefficient (Wildman–Crippen LogP) is 2.32. The number of amides is 3. The third kappa shape index (κ3) is 4.11. The van der Waals surface area contributed by atoms with Crippen molar-refractivity contribution in [2.75, 3.05) is 37.6 Å². The van der Waals surface area contributed by atoms with Crippen LogP contribution in [-0.4, -0.2) is 76.6 Å². The fourth-order valence-electron chi connectivity index (χ4n) is 4.50. The van der Waals surface area contributed by atoms with Gasteiger partial charge in [0.15, 0.2) is 0 Å². The van der Waals surface area contributed by atoms with Gasteiger partial charge in [0.1, 0.15) is 6.17 Å². The average molecular weight is 465 g/mol. The Bertz CT molecular complexity index is 811. The second kappa shape index (κ2) is 8.31. The molecule has 0 aliphatic carbocycles. The number of carbonyl (C=O) groups excluding carboxylic acids is 2. The van der Waals surface area contributed by atoms with Gasteiger partial charge >= 0.3 is 6.09 Å². The standard InChI is InChI=1S/C20H25BrN4O4/c21-15-4-3-14(16(11-15)23-7-1-2-8-23)12-22-9-10-24(20(28)29)17(13-22)25-18(26)5-6-19(25)27/h3-4,11,17H,1-2,5-10,12-13H2,(H,28,29). The molecule has 3 aliphatic rings. The molecular weight excluding hydrogens is 440 g/mol. The summed E-state index contributed by atoms with van der Waals surface area (Å²) < 4.78 is 1.03. The van der Waals surface area contributed by atoms with Crippen LogP contribution in [0.1, 0.15) is 31.2 Å². The quantitative estimate of drug-likeness (QED) is 0.688. The second-order valence-electron chi connectivity index (χ2n) is 7.82. The number of hydrogen-bond donors (Lipinski definition) is 1. The third-order valence-electron chi connectivity index (χ3n) is 5.96. The summed E-state index contributed by atoms with van der Waals surface area (Å²) in [5, 5.41) is 9.58. The van der Waals surface area contributed by atoms with Gasteiger partial charge in [0.2, 0.25) is 11.8 Å². The number of piperazine rings is 1. The molecule has 29 heavy (non-hydrogen) atoms. The van der Waals surface area contributed by atoms with Crippen LogP contribution in [0.3, 0.4) is 0 Å². The molecule has 4 rings (SSSR count). The fourth-order valence-corrected chi connectivity index (χ4v) is 4.85. The summed E-state index contributed by atoms with van der Waals surface area (Å²) in [6, 6.07) is 6.26. The van der Waals surface area contributed by atoms with Crippen molar-refractivity contribution in [1.82, 2.24) is 14.7 Å². The van der Waals surface area contributed by atoms with Gasteiger partial charge in [-0.05, 0) is 30.5 Å². The molecule has 0 aromatic heterocycles. The number of likely N-dealkylation sites (tertiary alicyclic amines) is 1. The van der Waals surface area contributed by atoms with Gasteiger partial charge in [-0.2, -0.15) is 0 Å². The number of hydrogen-bond acceptors (Lipinski definition) is 5. The molecule has 8 nitrogen and oxygen atoms in total. The monoisotopic (exact) mass is 464 g/mol. The van der Waals surface area contributed by atoms with Crippen molar-refractivity contribution in [3.8, 4) is 0 Å². The first kappa shape index (κ1) is 20.2. The lowest BCUT2D eigenvalue weighted by Crippen LogP contribution is -2.62. The van der Waals surface area contributed by atoms with E-state index in [0.29, 0.717) is 19.6 Å². The zero-order valence-corrected chi connectivity index (χ0v) is 17.8. The Labute approximate surface area is 178 Å². The normalized spacial score (nSPS) is 23.3. The molecule has 3 heterocycles. The highest BCUT2D eigenvalue weighted by Crippen LogP contribution is 2.30. The van der Waals surface area contributed by atoms with Crippen LogP contribution in [0.5, 0.6) is 0 Å². The predicted molar refractivity (Wildman–Crippen MR) is 110 cm³/mol. The summed E-state index contributed by atoms with van der Waals surface area (Å²) in [6.45, 7) is 3.89. The molecule has 1 unspecified atom stereocenters. The third-order valence-corrected chi connectivity index (χ3v) is 6.45. The van der Waals surface area contributed by atoms with Gasteiger partial charge in [-0.1, -0.05) is 22.0 Å². The Balaban J connectivity index is 1.55. The van der Waals surface area contributed by atoms with Crippen LogP contribution in [-0.2, 0) is 16.1 Å². The van der Waals surface area contributed by atoms with E-state index in [-0.39, 0.29) is 31.2 Å². The van der Waals surface area contributed by atoms with Crippen molar-refractivity contribution in [3.63, 3.8) is 0 Å². The van der Waals surface area contributed by atoms with Crippen LogP contribution in [0.4, 0.5) is 10.5 Å². The molecular formula is C20H25BrN4O4. The summed E-state index contributed by atoms with van der Waals surface area (Å²) >= 11 is 3.57. The number of imide groups is 1. The minimum Gasteiger partial charge on any atom is -0.465 e. The van der Waals surface area contributed by atoms with Crippen LogP contribution in [0.15, 0.2) is 22.7 Å². The minimum absolute atomic E-state index is 0.161. The number of carbonyl (C=O) groups is 3. The Kier molecular flexibility index (Phi) is 5.78. The number of anilines is 1. The zero-order valence-electron chi connectivity index (χ0n) is 16.2. The maximum atomic E-state index is 12.2. The van der Waals surface area contributed by atoms with Crippen molar-refractivity contribution < 1.29 is 19.5 Å². The highest BCUT2D eigenvalue weighted by molar-refractivity contribution is 9.10. The first-order valence-electron chi connectivity index (χ1n) is 10.0. The van der Waals surface area contributed by atoms with Crippen molar-refractivity contribution in [2.45, 2.75) is 38.4 Å². The van der Waals surface area contributed by atoms with Gasteiger partial charge in [-0.15, -0.1) is 0 Å². The molecule has 3 aliphatic heterocycles. The van der Waals surface area contributed by atoms with Crippen LogP contribution >= 0.6 is 15.9 Å². The molecule has 3 saturated heterocycles. The van der Waals surface area contributed by atoms with Crippen LogP contribution < -0.4 is 4.90 Å². The van der Waals surface area contributed by atoms with Gasteiger partial charge in [0, 0.05) is 62.3 Å². The Morgan fingerprint density at radius 3 is 2.41 bits per heavy atom. The molecule has 0 saturated carbocycles. The molecule has 1 aromatic rings. The van der Waals surface area contributed by atoms with Gasteiger partial charge in [0.05, 0.1) is 0 Å². The number of halogens is 1. The lowest BCUT2D eigenvalue weighted by atomic mass is 10.1. The molecule has 1 aromatic carbocycles. The molecule has 1 N–H and O–H groups in total. The van der Waals surface area contributed by atoms with E-state index < -0.39 is 12.3 Å². The Morgan fingerprint density at radius 2 is 1.76 bits per heavy atom. The van der Waals surface area contributed by atoms with Crippen LogP contribution in [0.25, 0.3) is 0 Å². The van der Waals surface area contributed by atoms with E-state index in [2.05, 4.69) is 37.9 Å². The largest absolute Gasteiger partial charge is 0.465 e. The van der Waals surface area contributed by atoms with E-state index in [0.717, 1.165) is 22.5 Å². The molecule has 0 radical (unpaired) electrons. The van der Waals surface area contributed by atoms with Gasteiger partial charge in [-0.3, -0.25) is 24.3 Å². The lowest BCUT2D eigenvalue weighted by Gasteiger charge is -2.43. The molecule has 0 spiro atoms. The molecule has 0 bridgehead atoms. The molecule has 3 fully saturated rings. The Hall–Kier alpha value is -2.13. The number of benzene rings is 1. The second-order valence-corrected chi connectivity index (χ2v) is 8.73. The van der Waals surface area contributed by atoms with Gasteiger partial charge < -0.3 is 10.0 Å². The van der Waals surface area contributed by atoms with Crippen LogP contribution in [0, 0.1) is 0 Å². The van der Waals surface area contributed by atoms with Crippen molar-refractivity contribution in [2.24, 2.45) is 0 Å². The highest BCUT2D eigenvalue weighted by atomic mass is 79.9. The lowest BCUT2D eigenvalue weighted by molar-refractivity contribution is -0.147. The smallest absolute Gasteiger partial charge is 0.409 e. The van der Waals surface area contributed by atoms with Crippen LogP contribution in [0.2, 0.25) is 0 Å². The molecule has 9 heteroatoms. The summed E-state index contributed by atoms with van der Waals surface area (Å²) in [4.78, 5) is 43.1. The average Bonchev–Trinajstić information content (AvgIpc) is 3.33. The maximum absolute atomic E-state index is 12.2. The fraction of sp³-hybridized carbons (Fsp3) is 0.550. The molecule has 156 valence electrons. The van der Waals surface area contributed by atoms with Gasteiger partial charge in [0.25, 0.3) is 0 Å². The summed E-state index contributed by atoms with van der Waals surface area (Å²) in [5.41, 5.74) is 2.37. The number of rotatable bonds is 4. The summed E-state index contributed by atoms with van der Waals surface area (Å²) in [5.74, 6) is -0.566. The van der Waals surface area contributed by atoms with Crippen molar-refractivity contribution >= 4 is 39.5 Å². The van der Waals surface area contributed by atoms with E-state index in [1.165, 1.54) is 29.0 Å². The SMILES string of the molecule is O=C(O)N1CCN(Cc2ccc(Br)cc2N2CCCC2)CC1N1C(=O)CCC1=O.